The minimum absolute atomic E-state index is 0. The van der Waals surface area contributed by atoms with Crippen LogP contribution in [0.4, 0.5) is 0 Å². The molecular formula is C6H3Cl2N2NaO3S. The van der Waals surface area contributed by atoms with Gasteiger partial charge in [0.1, 0.15) is 10.1 Å². The molecule has 0 atom stereocenters. The number of hydrogen-bond donors (Lipinski definition) is 0. The third-order valence-electron chi connectivity index (χ3n) is 1.40. The Hall–Kier alpha value is 0.310. The SMILES string of the molecule is O=S(=O)([O-])C1=CC(=N\Cl)/C=CC/1=N\Cl.[Na+]. The van der Waals surface area contributed by atoms with Crippen molar-refractivity contribution in [2.45, 2.75) is 0 Å². The van der Waals surface area contributed by atoms with Gasteiger partial charge in [-0.05, 0) is 18.2 Å². The Morgan fingerprint density at radius 3 is 2.20 bits per heavy atom. The smallest absolute Gasteiger partial charge is 0.744 e. The number of hydrogen-bond acceptors (Lipinski definition) is 5. The molecule has 0 aliphatic heterocycles. The van der Waals surface area contributed by atoms with Crippen molar-refractivity contribution < 1.29 is 42.5 Å². The standard InChI is InChI=1S/C6H4Cl2N2O3S.Na/c7-9-4-1-2-5(10-8)6(3-4)14(11,12)13;/h1-3H,(H,11,12,13);/q;+1/p-1/b9-4-,10-5+;. The molecule has 1 aliphatic rings. The molecule has 0 unspecified atom stereocenters. The maximum Gasteiger partial charge on any atom is 1.00 e. The Morgan fingerprint density at radius 1 is 1.20 bits per heavy atom. The summed E-state index contributed by atoms with van der Waals surface area (Å²) < 4.78 is 38.5. The van der Waals surface area contributed by atoms with Gasteiger partial charge in [-0.15, -0.1) is 0 Å². The molecule has 76 valence electrons. The van der Waals surface area contributed by atoms with Crippen molar-refractivity contribution in [2.75, 3.05) is 0 Å². The van der Waals surface area contributed by atoms with Gasteiger partial charge in [0.2, 0.25) is 0 Å². The summed E-state index contributed by atoms with van der Waals surface area (Å²) in [6, 6.07) is 0. The fourth-order valence-corrected chi connectivity index (χ4v) is 1.76. The second-order valence-electron chi connectivity index (χ2n) is 2.28. The average molecular weight is 277 g/mol. The number of rotatable bonds is 1. The van der Waals surface area contributed by atoms with Crippen LogP contribution in [0.5, 0.6) is 0 Å². The second kappa shape index (κ2) is 6.15. The minimum Gasteiger partial charge on any atom is -0.744 e. The van der Waals surface area contributed by atoms with Crippen LogP contribution in [0.2, 0.25) is 0 Å². The van der Waals surface area contributed by atoms with E-state index < -0.39 is 15.0 Å². The van der Waals surface area contributed by atoms with Gasteiger partial charge in [-0.2, -0.15) is 9.02 Å². The van der Waals surface area contributed by atoms with E-state index in [2.05, 4.69) is 9.02 Å². The summed E-state index contributed by atoms with van der Waals surface area (Å²) in [7, 11) is -4.63. The molecule has 0 saturated carbocycles. The van der Waals surface area contributed by atoms with Crippen LogP contribution < -0.4 is 29.6 Å². The molecular weight excluding hydrogens is 274 g/mol. The zero-order valence-corrected chi connectivity index (χ0v) is 11.8. The van der Waals surface area contributed by atoms with Gasteiger partial charge in [0.05, 0.1) is 16.3 Å². The van der Waals surface area contributed by atoms with Gasteiger partial charge in [0.25, 0.3) is 0 Å². The van der Waals surface area contributed by atoms with Crippen LogP contribution in [0.3, 0.4) is 0 Å². The third-order valence-corrected chi connectivity index (χ3v) is 2.64. The van der Waals surface area contributed by atoms with Gasteiger partial charge < -0.3 is 4.55 Å². The molecule has 0 aromatic carbocycles. The summed E-state index contributed by atoms with van der Waals surface area (Å²) in [5, 5.41) is 0. The summed E-state index contributed by atoms with van der Waals surface area (Å²) in [6.45, 7) is 0. The summed E-state index contributed by atoms with van der Waals surface area (Å²) in [6.07, 6.45) is 3.61. The number of halogens is 2. The number of allylic oxidation sites excluding steroid dienone is 4. The maximum absolute atomic E-state index is 10.7. The van der Waals surface area contributed by atoms with Crippen LogP contribution in [-0.2, 0) is 10.1 Å². The first-order valence-electron chi connectivity index (χ1n) is 3.23. The molecule has 0 radical (unpaired) electrons. The van der Waals surface area contributed by atoms with Crippen molar-refractivity contribution in [3.8, 4) is 0 Å². The summed E-state index contributed by atoms with van der Waals surface area (Å²) in [5.74, 6) is 0. The normalized spacial score (nSPS) is 21.4. The first-order valence-corrected chi connectivity index (χ1v) is 5.31. The van der Waals surface area contributed by atoms with E-state index in [1.807, 2.05) is 0 Å². The quantitative estimate of drug-likeness (QED) is 0.321. The van der Waals surface area contributed by atoms with E-state index >= 15 is 0 Å². The van der Waals surface area contributed by atoms with Crippen LogP contribution in [0, 0.1) is 0 Å². The van der Waals surface area contributed by atoms with Gasteiger partial charge >= 0.3 is 29.6 Å². The van der Waals surface area contributed by atoms with Gasteiger partial charge in [-0.25, -0.2) is 8.42 Å². The van der Waals surface area contributed by atoms with E-state index in [1.54, 1.807) is 0 Å². The predicted molar refractivity (Wildman–Crippen MR) is 53.5 cm³/mol. The van der Waals surface area contributed by atoms with Crippen LogP contribution in [0.1, 0.15) is 0 Å². The summed E-state index contributed by atoms with van der Waals surface area (Å²) in [4.78, 5) is -0.547. The zero-order chi connectivity index (χ0) is 10.8. The van der Waals surface area contributed by atoms with E-state index in [0.29, 0.717) is 0 Å². The first-order chi connectivity index (χ1) is 6.49. The van der Waals surface area contributed by atoms with E-state index in [4.69, 9.17) is 23.6 Å². The average Bonchev–Trinajstić information content (AvgIpc) is 2.15. The van der Waals surface area contributed by atoms with E-state index in [-0.39, 0.29) is 41.0 Å². The van der Waals surface area contributed by atoms with Gasteiger partial charge in [0.15, 0.2) is 0 Å². The Labute approximate surface area is 119 Å². The molecule has 15 heavy (non-hydrogen) atoms. The van der Waals surface area contributed by atoms with Crippen molar-refractivity contribution in [1.82, 2.24) is 0 Å². The molecule has 9 heteroatoms. The largest absolute Gasteiger partial charge is 1.00 e. The Kier molecular flexibility index (Phi) is 6.27. The predicted octanol–water partition coefficient (Wildman–Crippen LogP) is -1.82. The van der Waals surface area contributed by atoms with Crippen molar-refractivity contribution >= 4 is 45.1 Å². The Balaban J connectivity index is 0.00000196. The molecule has 1 aliphatic carbocycles. The molecule has 5 nitrogen and oxygen atoms in total. The molecule has 0 bridgehead atoms. The van der Waals surface area contributed by atoms with Crippen molar-refractivity contribution in [3.63, 3.8) is 0 Å². The number of nitrogens with zero attached hydrogens (tertiary/aromatic N) is 2. The molecule has 0 heterocycles. The first kappa shape index (κ1) is 15.3. The maximum atomic E-state index is 10.7. The molecule has 0 saturated heterocycles. The molecule has 0 aromatic rings. The fraction of sp³-hybridized carbons (Fsp3) is 0. The van der Waals surface area contributed by atoms with E-state index in [9.17, 15) is 13.0 Å². The van der Waals surface area contributed by atoms with Gasteiger partial charge in [-0.1, -0.05) is 0 Å². The fourth-order valence-electron chi connectivity index (χ4n) is 0.825. The van der Waals surface area contributed by atoms with Crippen LogP contribution in [0.15, 0.2) is 32.2 Å². The van der Waals surface area contributed by atoms with Crippen molar-refractivity contribution in [1.29, 1.82) is 0 Å². The molecule has 0 amide bonds. The van der Waals surface area contributed by atoms with Crippen molar-refractivity contribution in [2.24, 2.45) is 9.02 Å². The summed E-state index contributed by atoms with van der Waals surface area (Å²) in [5.41, 5.74) is 0.0101. The minimum atomic E-state index is -4.63. The van der Waals surface area contributed by atoms with Crippen LogP contribution in [-0.4, -0.2) is 24.4 Å². The van der Waals surface area contributed by atoms with Crippen LogP contribution >= 0.6 is 23.6 Å². The second-order valence-corrected chi connectivity index (χ2v) is 3.96. The topological polar surface area (TPSA) is 81.9 Å². The van der Waals surface area contributed by atoms with Crippen molar-refractivity contribution in [3.05, 3.63) is 23.1 Å². The van der Waals surface area contributed by atoms with Crippen LogP contribution in [0.25, 0.3) is 0 Å². The Morgan fingerprint density at radius 2 is 1.80 bits per heavy atom. The monoisotopic (exact) mass is 276 g/mol. The summed E-state index contributed by atoms with van der Waals surface area (Å²) >= 11 is 10.2. The van der Waals surface area contributed by atoms with Gasteiger partial charge in [-0.3, -0.25) is 0 Å². The molecule has 0 spiro atoms. The zero-order valence-electron chi connectivity index (χ0n) is 7.52. The third kappa shape index (κ3) is 3.99. The molecule has 0 fully saturated rings. The van der Waals surface area contributed by atoms with E-state index in [0.717, 1.165) is 6.08 Å². The van der Waals surface area contributed by atoms with Gasteiger partial charge in [0, 0.05) is 23.6 Å². The van der Waals surface area contributed by atoms with E-state index in [1.165, 1.54) is 12.2 Å². The molecule has 0 N–H and O–H groups in total. The Bertz CT molecular complexity index is 467. The molecule has 0 aromatic heterocycles. The molecule has 1 rings (SSSR count).